The Balaban J connectivity index is 2.87. The fourth-order valence-corrected chi connectivity index (χ4v) is 1.97. The Hall–Kier alpha value is -1.26. The first-order valence-corrected chi connectivity index (χ1v) is 6.14. The topological polar surface area (TPSA) is 41.6 Å². The Kier molecular flexibility index (Phi) is 5.44. The van der Waals surface area contributed by atoms with Gasteiger partial charge in [-0.15, -0.1) is 0 Å². The van der Waals surface area contributed by atoms with Gasteiger partial charge in [0.05, 0.1) is 12.1 Å². The third-order valence-electron chi connectivity index (χ3n) is 2.79. The third-order valence-corrected chi connectivity index (χ3v) is 3.08. The van der Waals surface area contributed by atoms with E-state index in [1.54, 1.807) is 31.2 Å². The minimum atomic E-state index is -0.0825. The number of methoxy groups -OCH3 is 1. The molecule has 0 saturated heterocycles. The number of halogens is 1. The quantitative estimate of drug-likeness (QED) is 0.892. The molecule has 100 valence electrons. The number of amides is 1. The molecule has 1 N–H and O–H groups in total. The normalized spacial score (nSPS) is 12.1. The largest absolute Gasteiger partial charge is 0.495 e. The van der Waals surface area contributed by atoms with Crippen LogP contribution < -0.4 is 15.0 Å². The number of carbonyl (C=O) groups is 1. The fourth-order valence-electron chi connectivity index (χ4n) is 1.72. The maximum atomic E-state index is 12.1. The first-order valence-electron chi connectivity index (χ1n) is 5.77. The Labute approximate surface area is 113 Å². The van der Waals surface area contributed by atoms with Gasteiger partial charge in [-0.05, 0) is 25.2 Å². The minimum absolute atomic E-state index is 0.0468. The lowest BCUT2D eigenvalue weighted by atomic mass is 10.1. The van der Waals surface area contributed by atoms with Crippen molar-refractivity contribution in [3.05, 3.63) is 23.2 Å². The van der Waals surface area contributed by atoms with Crippen LogP contribution in [0.3, 0.4) is 0 Å². The van der Waals surface area contributed by atoms with Crippen LogP contribution in [-0.2, 0) is 4.79 Å². The summed E-state index contributed by atoms with van der Waals surface area (Å²) in [5.41, 5.74) is 0.758. The summed E-state index contributed by atoms with van der Waals surface area (Å²) in [6.45, 7) is 2.54. The molecule has 1 amide bonds. The monoisotopic (exact) mass is 270 g/mol. The lowest BCUT2D eigenvalue weighted by Crippen LogP contribution is -2.35. The van der Waals surface area contributed by atoms with E-state index in [-0.39, 0.29) is 11.8 Å². The lowest BCUT2D eigenvalue weighted by molar-refractivity contribution is -0.121. The highest BCUT2D eigenvalue weighted by Crippen LogP contribution is 2.29. The van der Waals surface area contributed by atoms with Crippen molar-refractivity contribution in [3.8, 4) is 5.75 Å². The van der Waals surface area contributed by atoms with E-state index in [2.05, 4.69) is 5.32 Å². The Morgan fingerprint density at radius 1 is 1.56 bits per heavy atom. The number of carbonyl (C=O) groups excluding carboxylic acids is 1. The van der Waals surface area contributed by atoms with Crippen molar-refractivity contribution >= 4 is 23.2 Å². The zero-order chi connectivity index (χ0) is 13.7. The molecule has 0 aliphatic rings. The molecule has 0 aliphatic carbocycles. The van der Waals surface area contributed by atoms with Crippen molar-refractivity contribution in [1.29, 1.82) is 0 Å². The van der Waals surface area contributed by atoms with Gasteiger partial charge in [-0.1, -0.05) is 18.5 Å². The van der Waals surface area contributed by atoms with Gasteiger partial charge < -0.3 is 15.0 Å². The first kappa shape index (κ1) is 14.8. The van der Waals surface area contributed by atoms with Crippen LogP contribution in [0.4, 0.5) is 5.69 Å². The number of nitrogens with one attached hydrogen (secondary N) is 1. The Bertz CT molecular complexity index is 423. The second kappa shape index (κ2) is 6.61. The summed E-state index contributed by atoms with van der Waals surface area (Å²) in [6.07, 6.45) is 0. The average molecular weight is 271 g/mol. The molecule has 0 spiro atoms. The Morgan fingerprint density at radius 2 is 2.22 bits per heavy atom. The molecule has 1 aromatic carbocycles. The molecule has 0 heterocycles. The number of rotatable bonds is 5. The number of anilines is 1. The van der Waals surface area contributed by atoms with E-state index in [1.165, 1.54) is 0 Å². The molecule has 0 saturated carbocycles. The van der Waals surface area contributed by atoms with Gasteiger partial charge in [-0.3, -0.25) is 4.79 Å². The van der Waals surface area contributed by atoms with Crippen molar-refractivity contribution in [3.63, 3.8) is 0 Å². The molecule has 0 aliphatic heterocycles. The summed E-state index contributed by atoms with van der Waals surface area (Å²) < 4.78 is 5.08. The van der Waals surface area contributed by atoms with Gasteiger partial charge in [-0.2, -0.15) is 0 Å². The molecule has 0 aromatic heterocycles. The van der Waals surface area contributed by atoms with Crippen molar-refractivity contribution in [2.24, 2.45) is 5.92 Å². The fraction of sp³-hybridized carbons (Fsp3) is 0.462. The highest BCUT2D eigenvalue weighted by atomic mass is 35.5. The minimum Gasteiger partial charge on any atom is -0.495 e. The average Bonchev–Trinajstić information content (AvgIpc) is 2.37. The van der Waals surface area contributed by atoms with Crippen LogP contribution in [-0.4, -0.2) is 33.7 Å². The van der Waals surface area contributed by atoms with Crippen LogP contribution in [0.1, 0.15) is 6.92 Å². The van der Waals surface area contributed by atoms with E-state index in [0.717, 1.165) is 5.69 Å². The van der Waals surface area contributed by atoms with E-state index >= 15 is 0 Å². The lowest BCUT2D eigenvalue weighted by Gasteiger charge is -2.22. The predicted molar refractivity (Wildman–Crippen MR) is 74.5 cm³/mol. The van der Waals surface area contributed by atoms with Gasteiger partial charge in [-0.25, -0.2) is 0 Å². The molecule has 1 unspecified atom stereocenters. The Morgan fingerprint density at radius 3 is 2.72 bits per heavy atom. The van der Waals surface area contributed by atoms with Gasteiger partial charge in [0, 0.05) is 25.2 Å². The zero-order valence-electron chi connectivity index (χ0n) is 11.2. The van der Waals surface area contributed by atoms with Crippen LogP contribution in [0.5, 0.6) is 5.75 Å². The van der Waals surface area contributed by atoms with E-state index < -0.39 is 0 Å². The number of nitrogens with zero attached hydrogens (tertiary/aromatic N) is 1. The van der Waals surface area contributed by atoms with Crippen LogP contribution in [0.25, 0.3) is 0 Å². The molecule has 18 heavy (non-hydrogen) atoms. The SMILES string of the molecule is CNCC(C)C(=O)N(C)c1ccc(OC)c(Cl)c1. The van der Waals surface area contributed by atoms with Crippen LogP contribution >= 0.6 is 11.6 Å². The standard InChI is InChI=1S/C13H19ClN2O2/c1-9(8-15-2)13(17)16(3)10-5-6-12(18-4)11(14)7-10/h5-7,9,15H,8H2,1-4H3. The predicted octanol–water partition coefficient (Wildman–Crippen LogP) is 2.17. The molecule has 1 aromatic rings. The molecular formula is C13H19ClN2O2. The number of hydrogen-bond donors (Lipinski definition) is 1. The maximum absolute atomic E-state index is 12.1. The second-order valence-corrected chi connectivity index (χ2v) is 4.58. The van der Waals surface area contributed by atoms with Crippen molar-refractivity contribution in [2.45, 2.75) is 6.92 Å². The number of hydrogen-bond acceptors (Lipinski definition) is 3. The summed E-state index contributed by atoms with van der Waals surface area (Å²) in [6, 6.07) is 5.29. The highest BCUT2D eigenvalue weighted by Gasteiger charge is 2.18. The third kappa shape index (κ3) is 3.37. The highest BCUT2D eigenvalue weighted by molar-refractivity contribution is 6.32. The molecule has 4 nitrogen and oxygen atoms in total. The van der Waals surface area contributed by atoms with Crippen LogP contribution in [0.15, 0.2) is 18.2 Å². The summed E-state index contributed by atoms with van der Waals surface area (Å²) in [7, 11) is 5.13. The van der Waals surface area contributed by atoms with Gasteiger partial charge in [0.25, 0.3) is 0 Å². The van der Waals surface area contributed by atoms with Gasteiger partial charge >= 0.3 is 0 Å². The first-order chi connectivity index (χ1) is 8.51. The van der Waals surface area contributed by atoms with E-state index in [1.807, 2.05) is 20.0 Å². The molecule has 0 fully saturated rings. The van der Waals surface area contributed by atoms with Crippen LogP contribution in [0, 0.1) is 5.92 Å². The van der Waals surface area contributed by atoms with Crippen molar-refractivity contribution in [1.82, 2.24) is 5.32 Å². The molecule has 0 bridgehead atoms. The van der Waals surface area contributed by atoms with E-state index in [0.29, 0.717) is 17.3 Å². The summed E-state index contributed by atoms with van der Waals surface area (Å²) in [5, 5.41) is 3.49. The molecular weight excluding hydrogens is 252 g/mol. The smallest absolute Gasteiger partial charge is 0.230 e. The summed E-state index contributed by atoms with van der Waals surface area (Å²) >= 11 is 6.04. The van der Waals surface area contributed by atoms with E-state index in [9.17, 15) is 4.79 Å². The van der Waals surface area contributed by atoms with Crippen LogP contribution in [0.2, 0.25) is 5.02 Å². The van der Waals surface area contributed by atoms with Gasteiger partial charge in [0.15, 0.2) is 0 Å². The summed E-state index contributed by atoms with van der Waals surface area (Å²) in [4.78, 5) is 13.7. The van der Waals surface area contributed by atoms with Gasteiger partial charge in [0.2, 0.25) is 5.91 Å². The molecule has 5 heteroatoms. The van der Waals surface area contributed by atoms with Crippen molar-refractivity contribution in [2.75, 3.05) is 32.6 Å². The van der Waals surface area contributed by atoms with Crippen molar-refractivity contribution < 1.29 is 9.53 Å². The summed E-state index contributed by atoms with van der Waals surface area (Å²) in [5.74, 6) is 0.566. The molecule has 0 radical (unpaired) electrons. The number of ether oxygens (including phenoxy) is 1. The second-order valence-electron chi connectivity index (χ2n) is 4.17. The van der Waals surface area contributed by atoms with E-state index in [4.69, 9.17) is 16.3 Å². The number of benzene rings is 1. The zero-order valence-corrected chi connectivity index (χ0v) is 11.9. The molecule has 1 atom stereocenters. The molecule has 1 rings (SSSR count). The van der Waals surface area contributed by atoms with Gasteiger partial charge in [0.1, 0.15) is 5.75 Å². The maximum Gasteiger partial charge on any atom is 0.230 e.